The lowest BCUT2D eigenvalue weighted by molar-refractivity contribution is 0.0745. The van der Waals surface area contributed by atoms with Crippen LogP contribution in [-0.4, -0.2) is 54.4 Å². The highest BCUT2D eigenvalue weighted by Crippen LogP contribution is 2.25. The van der Waals surface area contributed by atoms with Crippen molar-refractivity contribution in [2.45, 2.75) is 6.42 Å². The molecule has 1 aromatic carbocycles. The third-order valence-electron chi connectivity index (χ3n) is 5.04. The first-order valence-corrected chi connectivity index (χ1v) is 8.79. The number of piperazine rings is 1. The van der Waals surface area contributed by atoms with Gasteiger partial charge in [-0.25, -0.2) is 4.98 Å². The molecule has 3 heterocycles. The van der Waals surface area contributed by atoms with Gasteiger partial charge in [-0.2, -0.15) is 0 Å². The second-order valence-electron chi connectivity index (χ2n) is 6.55. The van der Waals surface area contributed by atoms with E-state index >= 15 is 0 Å². The van der Waals surface area contributed by atoms with Gasteiger partial charge in [-0.1, -0.05) is 0 Å². The van der Waals surface area contributed by atoms with Crippen LogP contribution in [-0.2, 0) is 6.42 Å². The average molecular weight is 351 g/mol. The lowest BCUT2D eigenvalue weighted by Gasteiger charge is -2.36. The highest BCUT2D eigenvalue weighted by molar-refractivity contribution is 5.97. The van der Waals surface area contributed by atoms with Gasteiger partial charge in [0, 0.05) is 61.3 Å². The SMILES string of the molecule is NC(=O)c1ccc(N2CCN(C(=O)c3ccnc4c3CCN4)CC2)cc1. The fourth-order valence-electron chi connectivity index (χ4n) is 3.58. The van der Waals surface area contributed by atoms with E-state index in [1.165, 1.54) is 0 Å². The minimum absolute atomic E-state index is 0.0797. The standard InChI is InChI=1S/C19H21N5O2/c20-17(25)13-1-3-14(4-2-13)23-9-11-24(12-10-23)19(26)16-6-8-22-18-15(16)5-7-21-18/h1-4,6,8H,5,7,9-12H2,(H2,20,25)(H,21,22). The summed E-state index contributed by atoms with van der Waals surface area (Å²) in [6.45, 7) is 3.68. The summed E-state index contributed by atoms with van der Waals surface area (Å²) in [6.07, 6.45) is 2.54. The van der Waals surface area contributed by atoms with Gasteiger partial charge in [0.25, 0.3) is 5.91 Å². The molecule has 7 nitrogen and oxygen atoms in total. The summed E-state index contributed by atoms with van der Waals surface area (Å²) in [6, 6.07) is 9.10. The van der Waals surface area contributed by atoms with Crippen LogP contribution in [0, 0.1) is 0 Å². The summed E-state index contributed by atoms with van der Waals surface area (Å²) in [5, 5.41) is 3.22. The Hall–Kier alpha value is -3.09. The number of hydrogen-bond acceptors (Lipinski definition) is 5. The number of pyridine rings is 1. The zero-order chi connectivity index (χ0) is 18.1. The smallest absolute Gasteiger partial charge is 0.254 e. The number of amides is 2. The highest BCUT2D eigenvalue weighted by Gasteiger charge is 2.26. The fourth-order valence-corrected chi connectivity index (χ4v) is 3.58. The van der Waals surface area contributed by atoms with E-state index in [9.17, 15) is 9.59 Å². The van der Waals surface area contributed by atoms with Gasteiger partial charge in [0.05, 0.1) is 0 Å². The fraction of sp³-hybridized carbons (Fsp3) is 0.316. The van der Waals surface area contributed by atoms with E-state index in [1.807, 2.05) is 23.1 Å². The van der Waals surface area contributed by atoms with E-state index in [0.29, 0.717) is 18.7 Å². The molecule has 4 rings (SSSR count). The van der Waals surface area contributed by atoms with Crippen molar-refractivity contribution in [3.63, 3.8) is 0 Å². The first-order valence-electron chi connectivity index (χ1n) is 8.79. The molecule has 2 aliphatic heterocycles. The van der Waals surface area contributed by atoms with E-state index in [0.717, 1.165) is 48.7 Å². The molecule has 0 radical (unpaired) electrons. The van der Waals surface area contributed by atoms with Crippen LogP contribution in [0.1, 0.15) is 26.3 Å². The molecule has 0 spiro atoms. The van der Waals surface area contributed by atoms with Gasteiger partial charge in [-0.3, -0.25) is 9.59 Å². The first-order chi connectivity index (χ1) is 12.6. The van der Waals surface area contributed by atoms with E-state index < -0.39 is 5.91 Å². The Morgan fingerprint density at radius 2 is 1.77 bits per heavy atom. The van der Waals surface area contributed by atoms with Gasteiger partial charge < -0.3 is 20.9 Å². The van der Waals surface area contributed by atoms with Crippen molar-refractivity contribution >= 4 is 23.3 Å². The molecule has 2 amide bonds. The Bertz CT molecular complexity index is 842. The summed E-state index contributed by atoms with van der Waals surface area (Å²) in [5.41, 5.74) is 8.62. The van der Waals surface area contributed by atoms with Crippen molar-refractivity contribution in [3.8, 4) is 0 Å². The minimum atomic E-state index is -0.425. The lowest BCUT2D eigenvalue weighted by atomic mass is 10.1. The molecule has 1 saturated heterocycles. The van der Waals surface area contributed by atoms with Crippen LogP contribution in [0.2, 0.25) is 0 Å². The molecule has 3 N–H and O–H groups in total. The maximum atomic E-state index is 12.9. The molecule has 7 heteroatoms. The summed E-state index contributed by atoms with van der Waals surface area (Å²) in [4.78, 5) is 32.5. The molecule has 26 heavy (non-hydrogen) atoms. The number of aromatic nitrogens is 1. The van der Waals surface area contributed by atoms with Gasteiger partial charge >= 0.3 is 0 Å². The summed E-state index contributed by atoms with van der Waals surface area (Å²) in [5.74, 6) is 0.492. The van der Waals surface area contributed by atoms with Gasteiger partial charge in [0.2, 0.25) is 5.91 Å². The molecule has 1 fully saturated rings. The number of anilines is 2. The van der Waals surface area contributed by atoms with Crippen molar-refractivity contribution in [2.75, 3.05) is 42.9 Å². The number of fused-ring (bicyclic) bond motifs is 1. The Morgan fingerprint density at radius 1 is 1.04 bits per heavy atom. The minimum Gasteiger partial charge on any atom is -0.369 e. The summed E-state index contributed by atoms with van der Waals surface area (Å²) < 4.78 is 0. The topological polar surface area (TPSA) is 91.6 Å². The van der Waals surface area contributed by atoms with Crippen molar-refractivity contribution in [3.05, 3.63) is 53.2 Å². The molecule has 0 bridgehead atoms. The van der Waals surface area contributed by atoms with Crippen LogP contribution >= 0.6 is 0 Å². The molecule has 1 aromatic heterocycles. The third-order valence-corrected chi connectivity index (χ3v) is 5.04. The quantitative estimate of drug-likeness (QED) is 0.864. The Balaban J connectivity index is 1.43. The van der Waals surface area contributed by atoms with Crippen molar-refractivity contribution < 1.29 is 9.59 Å². The first kappa shape index (κ1) is 16.4. The highest BCUT2D eigenvalue weighted by atomic mass is 16.2. The molecule has 2 aliphatic rings. The number of carbonyl (C=O) groups excluding carboxylic acids is 2. The van der Waals surface area contributed by atoms with Crippen LogP contribution in [0.3, 0.4) is 0 Å². The van der Waals surface area contributed by atoms with E-state index in [1.54, 1.807) is 18.3 Å². The number of nitrogens with two attached hydrogens (primary N) is 1. The van der Waals surface area contributed by atoms with Crippen LogP contribution in [0.4, 0.5) is 11.5 Å². The molecule has 0 atom stereocenters. The van der Waals surface area contributed by atoms with Gasteiger partial charge in [-0.15, -0.1) is 0 Å². The van der Waals surface area contributed by atoms with Crippen LogP contribution in [0.25, 0.3) is 0 Å². The second-order valence-corrected chi connectivity index (χ2v) is 6.55. The number of benzene rings is 1. The largest absolute Gasteiger partial charge is 0.369 e. The molecular formula is C19H21N5O2. The molecule has 2 aromatic rings. The summed E-state index contributed by atoms with van der Waals surface area (Å²) >= 11 is 0. The molecule has 0 saturated carbocycles. The number of hydrogen-bond donors (Lipinski definition) is 2. The normalized spacial score (nSPS) is 16.2. The average Bonchev–Trinajstić information content (AvgIpc) is 3.16. The molecule has 0 unspecified atom stereocenters. The number of primary amides is 1. The lowest BCUT2D eigenvalue weighted by Crippen LogP contribution is -2.49. The number of rotatable bonds is 3. The molecule has 0 aliphatic carbocycles. The maximum Gasteiger partial charge on any atom is 0.254 e. The van der Waals surface area contributed by atoms with Gasteiger partial charge in [0.15, 0.2) is 0 Å². The van der Waals surface area contributed by atoms with Crippen LogP contribution in [0.5, 0.6) is 0 Å². The predicted octanol–water partition coefficient (Wildman–Crippen LogP) is 1.11. The van der Waals surface area contributed by atoms with Crippen LogP contribution in [0.15, 0.2) is 36.5 Å². The molecule has 134 valence electrons. The monoisotopic (exact) mass is 351 g/mol. The zero-order valence-electron chi connectivity index (χ0n) is 14.4. The van der Waals surface area contributed by atoms with E-state index in [2.05, 4.69) is 15.2 Å². The summed E-state index contributed by atoms with van der Waals surface area (Å²) in [7, 11) is 0. The third kappa shape index (κ3) is 2.96. The number of carbonyl (C=O) groups is 2. The molecular weight excluding hydrogens is 330 g/mol. The van der Waals surface area contributed by atoms with E-state index in [4.69, 9.17) is 5.73 Å². The number of nitrogens with zero attached hydrogens (tertiary/aromatic N) is 3. The second kappa shape index (κ2) is 6.67. The number of nitrogens with one attached hydrogen (secondary N) is 1. The Morgan fingerprint density at radius 3 is 2.46 bits per heavy atom. The van der Waals surface area contributed by atoms with Crippen LogP contribution < -0.4 is 16.0 Å². The van der Waals surface area contributed by atoms with E-state index in [-0.39, 0.29) is 5.91 Å². The van der Waals surface area contributed by atoms with Crippen molar-refractivity contribution in [1.29, 1.82) is 0 Å². The van der Waals surface area contributed by atoms with Crippen molar-refractivity contribution in [2.24, 2.45) is 5.73 Å². The Labute approximate surface area is 151 Å². The maximum absolute atomic E-state index is 12.9. The van der Waals surface area contributed by atoms with Gasteiger partial charge in [-0.05, 0) is 36.8 Å². The predicted molar refractivity (Wildman–Crippen MR) is 99.5 cm³/mol. The Kier molecular flexibility index (Phi) is 4.20. The van der Waals surface area contributed by atoms with Crippen molar-refractivity contribution in [1.82, 2.24) is 9.88 Å². The van der Waals surface area contributed by atoms with Gasteiger partial charge in [0.1, 0.15) is 5.82 Å². The zero-order valence-corrected chi connectivity index (χ0v) is 14.4.